The maximum Gasteiger partial charge on any atom is 0.179 e. The van der Waals surface area contributed by atoms with Gasteiger partial charge in [0, 0.05) is 31.4 Å². The maximum atomic E-state index is 6.02. The summed E-state index contributed by atoms with van der Waals surface area (Å²) < 4.78 is 4.77. The molecule has 3 aromatic heterocycles. The first-order valence-electron chi connectivity index (χ1n) is 10.2. The lowest BCUT2D eigenvalue weighted by atomic mass is 10.1. The number of hydrogen-bond acceptors (Lipinski definition) is 4. The van der Waals surface area contributed by atoms with Crippen LogP contribution in [0.4, 0.5) is 0 Å². The Kier molecular flexibility index (Phi) is 7.57. The van der Waals surface area contributed by atoms with E-state index in [1.807, 2.05) is 30.1 Å². The van der Waals surface area contributed by atoms with Crippen molar-refractivity contribution in [1.82, 2.24) is 24.5 Å². The smallest absolute Gasteiger partial charge is 0.179 e. The van der Waals surface area contributed by atoms with Gasteiger partial charge in [0.1, 0.15) is 12.4 Å². The normalized spacial score (nSPS) is 12.9. The minimum Gasteiger partial charge on any atom is -0.413 e. The van der Waals surface area contributed by atoms with Gasteiger partial charge in [-0.3, -0.25) is 4.68 Å². The standard InChI is InChI=1S/C21H29Br2N5OSi/c1-6-17(7-8-19(22)23)27-14-16(13-24-27)20-18-9-10-28(21(18)26-15(2)25-20)29-11-12-30(3,4)5/h8-10,13-14,17H,6-7,11-12H2,1-5H3. The molecule has 0 aliphatic carbocycles. The minimum atomic E-state index is -1.15. The van der Waals surface area contributed by atoms with Crippen molar-refractivity contribution in [1.29, 1.82) is 0 Å². The number of rotatable bonds is 9. The predicted molar refractivity (Wildman–Crippen MR) is 133 cm³/mol. The van der Waals surface area contributed by atoms with Crippen molar-refractivity contribution in [3.63, 3.8) is 0 Å². The van der Waals surface area contributed by atoms with Gasteiger partial charge in [0.25, 0.3) is 0 Å². The van der Waals surface area contributed by atoms with Crippen LogP contribution in [0.3, 0.4) is 0 Å². The Morgan fingerprint density at radius 1 is 1.27 bits per heavy atom. The molecule has 3 aromatic rings. The van der Waals surface area contributed by atoms with Gasteiger partial charge < -0.3 is 4.84 Å². The van der Waals surface area contributed by atoms with Gasteiger partial charge in [-0.05, 0) is 63.7 Å². The molecule has 162 valence electrons. The summed E-state index contributed by atoms with van der Waals surface area (Å²) in [5.74, 6) is 0.720. The lowest BCUT2D eigenvalue weighted by molar-refractivity contribution is 0.130. The summed E-state index contributed by atoms with van der Waals surface area (Å²) in [5, 5.41) is 5.60. The van der Waals surface area contributed by atoms with Crippen LogP contribution in [-0.4, -0.2) is 39.2 Å². The van der Waals surface area contributed by atoms with Crippen molar-refractivity contribution in [3.05, 3.63) is 39.9 Å². The fraction of sp³-hybridized carbons (Fsp3) is 0.476. The Labute approximate surface area is 196 Å². The molecule has 6 nitrogen and oxygen atoms in total. The molecule has 0 N–H and O–H groups in total. The van der Waals surface area contributed by atoms with Crippen molar-refractivity contribution in [2.24, 2.45) is 0 Å². The Hall–Kier alpha value is -1.45. The van der Waals surface area contributed by atoms with E-state index in [-0.39, 0.29) is 6.04 Å². The molecule has 0 radical (unpaired) electrons. The number of aryl methyl sites for hydroxylation is 1. The minimum absolute atomic E-state index is 0.289. The summed E-state index contributed by atoms with van der Waals surface area (Å²) in [5.41, 5.74) is 2.69. The fourth-order valence-corrected chi connectivity index (χ4v) is 4.30. The second-order valence-corrected chi connectivity index (χ2v) is 17.0. The molecule has 0 fully saturated rings. The summed E-state index contributed by atoms with van der Waals surface area (Å²) in [6.45, 7) is 11.8. The van der Waals surface area contributed by atoms with Crippen LogP contribution < -0.4 is 4.84 Å². The summed E-state index contributed by atoms with van der Waals surface area (Å²) in [4.78, 5) is 15.4. The summed E-state index contributed by atoms with van der Waals surface area (Å²) >= 11 is 6.86. The highest BCUT2D eigenvalue weighted by atomic mass is 79.9. The second kappa shape index (κ2) is 9.78. The molecular weight excluding hydrogens is 526 g/mol. The Morgan fingerprint density at radius 3 is 2.70 bits per heavy atom. The van der Waals surface area contributed by atoms with Gasteiger partial charge >= 0.3 is 0 Å². The zero-order valence-corrected chi connectivity index (χ0v) is 22.4. The Morgan fingerprint density at radius 2 is 2.03 bits per heavy atom. The summed E-state index contributed by atoms with van der Waals surface area (Å²) in [6.07, 6.45) is 9.90. The van der Waals surface area contributed by atoms with Gasteiger partial charge in [-0.25, -0.2) is 9.97 Å². The van der Waals surface area contributed by atoms with E-state index in [9.17, 15) is 0 Å². The highest BCUT2D eigenvalue weighted by molar-refractivity contribution is 9.28. The van der Waals surface area contributed by atoms with E-state index in [2.05, 4.69) is 80.8 Å². The van der Waals surface area contributed by atoms with Crippen molar-refractivity contribution in [2.45, 2.75) is 58.4 Å². The van der Waals surface area contributed by atoms with Crippen molar-refractivity contribution >= 4 is 51.0 Å². The number of fused-ring (bicyclic) bond motifs is 1. The highest BCUT2D eigenvalue weighted by Gasteiger charge is 2.17. The van der Waals surface area contributed by atoms with Crippen molar-refractivity contribution in [3.8, 4) is 11.3 Å². The van der Waals surface area contributed by atoms with Gasteiger partial charge in [-0.2, -0.15) is 9.83 Å². The summed E-state index contributed by atoms with van der Waals surface area (Å²) in [7, 11) is -1.15. The maximum absolute atomic E-state index is 6.02. The average Bonchev–Trinajstić information content (AvgIpc) is 3.28. The lowest BCUT2D eigenvalue weighted by Gasteiger charge is -2.16. The van der Waals surface area contributed by atoms with Crippen molar-refractivity contribution in [2.75, 3.05) is 6.61 Å². The van der Waals surface area contributed by atoms with Crippen LogP contribution in [0.15, 0.2) is 34.1 Å². The SMILES string of the molecule is CCC(CC=C(Br)Br)n1cc(-c2nc(C)nc3c2ccn3OCC[Si](C)(C)C)cn1. The first-order chi connectivity index (χ1) is 14.2. The fourth-order valence-electron chi connectivity index (χ4n) is 3.22. The molecule has 0 spiro atoms. The Bertz CT molecular complexity index is 1030. The second-order valence-electron chi connectivity index (χ2n) is 8.64. The zero-order chi connectivity index (χ0) is 21.9. The third-order valence-electron chi connectivity index (χ3n) is 4.97. The molecule has 0 amide bonds. The molecule has 0 aliphatic rings. The molecule has 0 aromatic carbocycles. The van der Waals surface area contributed by atoms with Gasteiger partial charge in [-0.15, -0.1) is 0 Å². The van der Waals surface area contributed by atoms with Gasteiger partial charge in [0.15, 0.2) is 5.65 Å². The van der Waals surface area contributed by atoms with Crippen LogP contribution in [0, 0.1) is 6.92 Å². The molecular formula is C21H29Br2N5OSi. The quantitative estimate of drug-likeness (QED) is 0.289. The van der Waals surface area contributed by atoms with Crippen LogP contribution in [0.25, 0.3) is 22.3 Å². The zero-order valence-electron chi connectivity index (χ0n) is 18.2. The van der Waals surface area contributed by atoms with E-state index < -0.39 is 8.07 Å². The molecule has 0 saturated carbocycles. The molecule has 9 heteroatoms. The monoisotopic (exact) mass is 553 g/mol. The molecule has 0 bridgehead atoms. The molecule has 3 rings (SSSR count). The molecule has 0 aliphatic heterocycles. The molecule has 0 saturated heterocycles. The van der Waals surface area contributed by atoms with E-state index in [0.29, 0.717) is 6.61 Å². The third-order valence-corrected chi connectivity index (χ3v) is 7.32. The third kappa shape index (κ3) is 5.82. The van der Waals surface area contributed by atoms with E-state index in [1.54, 1.807) is 4.73 Å². The molecule has 30 heavy (non-hydrogen) atoms. The average molecular weight is 555 g/mol. The van der Waals surface area contributed by atoms with Crippen LogP contribution in [0.5, 0.6) is 0 Å². The number of hydrogen-bond donors (Lipinski definition) is 0. The molecule has 3 heterocycles. The number of halogens is 2. The first-order valence-corrected chi connectivity index (χ1v) is 15.5. The van der Waals surface area contributed by atoms with E-state index in [0.717, 1.165) is 50.4 Å². The highest BCUT2D eigenvalue weighted by Crippen LogP contribution is 2.28. The topological polar surface area (TPSA) is 57.8 Å². The van der Waals surface area contributed by atoms with Gasteiger partial charge in [-0.1, -0.05) is 32.6 Å². The lowest BCUT2D eigenvalue weighted by Crippen LogP contribution is -2.25. The summed E-state index contributed by atoms with van der Waals surface area (Å²) in [6, 6.07) is 3.42. The predicted octanol–water partition coefficient (Wildman–Crippen LogP) is 6.34. The van der Waals surface area contributed by atoms with E-state index >= 15 is 0 Å². The Balaban J connectivity index is 1.90. The van der Waals surface area contributed by atoms with E-state index in [1.165, 1.54) is 0 Å². The number of nitrogens with zero attached hydrogens (tertiary/aromatic N) is 5. The molecule has 1 atom stereocenters. The van der Waals surface area contributed by atoms with Crippen LogP contribution in [0.2, 0.25) is 25.7 Å². The largest absolute Gasteiger partial charge is 0.413 e. The first kappa shape index (κ1) is 23.2. The van der Waals surface area contributed by atoms with Crippen molar-refractivity contribution < 1.29 is 4.84 Å². The van der Waals surface area contributed by atoms with Gasteiger partial charge in [0.2, 0.25) is 0 Å². The van der Waals surface area contributed by atoms with E-state index in [4.69, 9.17) is 9.82 Å². The van der Waals surface area contributed by atoms with Crippen LogP contribution in [-0.2, 0) is 0 Å². The van der Waals surface area contributed by atoms with Crippen LogP contribution >= 0.6 is 31.9 Å². The molecule has 1 unspecified atom stereocenters. The van der Waals surface area contributed by atoms with Gasteiger partial charge in [0.05, 0.1) is 21.3 Å². The van der Waals surface area contributed by atoms with Crippen LogP contribution in [0.1, 0.15) is 31.6 Å². The number of allylic oxidation sites excluding steroid dienone is 1. The number of aromatic nitrogens is 5.